The van der Waals surface area contributed by atoms with E-state index in [9.17, 15) is 9.59 Å². The van der Waals surface area contributed by atoms with E-state index in [-0.39, 0.29) is 0 Å². The highest BCUT2D eigenvalue weighted by molar-refractivity contribution is 5.82. The van der Waals surface area contributed by atoms with Crippen molar-refractivity contribution >= 4 is 16.9 Å². The van der Waals surface area contributed by atoms with Gasteiger partial charge in [-0.05, 0) is 24.6 Å². The van der Waals surface area contributed by atoms with Crippen LogP contribution in [0.15, 0.2) is 33.5 Å². The Hall–Kier alpha value is -2.42. The van der Waals surface area contributed by atoms with Gasteiger partial charge >= 0.3 is 5.63 Å². The minimum Gasteiger partial charge on any atom is -0.484 e. The number of aliphatic hydroxyl groups is 3. The van der Waals surface area contributed by atoms with Crippen LogP contribution < -0.4 is 15.7 Å². The third-order valence-electron chi connectivity index (χ3n) is 3.61. The third kappa shape index (κ3) is 3.91. The fraction of sp³-hybridized carbons (Fsp3) is 0.375. The molecule has 1 aromatic carbocycles. The van der Waals surface area contributed by atoms with E-state index in [2.05, 4.69) is 5.32 Å². The summed E-state index contributed by atoms with van der Waals surface area (Å²) in [7, 11) is 0. The molecule has 24 heavy (non-hydrogen) atoms. The highest BCUT2D eigenvalue weighted by atomic mass is 16.5. The maximum atomic E-state index is 11.8. The van der Waals surface area contributed by atoms with E-state index in [1.165, 1.54) is 12.1 Å². The number of aliphatic hydroxyl groups excluding tert-OH is 3. The lowest BCUT2D eigenvalue weighted by Gasteiger charge is -2.28. The zero-order valence-electron chi connectivity index (χ0n) is 13.1. The second-order valence-electron chi connectivity index (χ2n) is 5.50. The van der Waals surface area contributed by atoms with E-state index in [0.29, 0.717) is 11.3 Å². The lowest BCUT2D eigenvalue weighted by Crippen LogP contribution is -2.58. The first kappa shape index (κ1) is 17.9. The second-order valence-corrected chi connectivity index (χ2v) is 5.50. The normalized spacial score (nSPS) is 11.5. The Morgan fingerprint density at radius 3 is 2.50 bits per heavy atom. The van der Waals surface area contributed by atoms with Crippen LogP contribution in [0, 0.1) is 6.92 Å². The lowest BCUT2D eigenvalue weighted by atomic mass is 10.0. The Labute approximate surface area is 137 Å². The topological polar surface area (TPSA) is 129 Å². The van der Waals surface area contributed by atoms with Crippen molar-refractivity contribution < 1.29 is 29.3 Å². The molecule has 8 heteroatoms. The standard InChI is InChI=1S/C16H19NO7/c1-10-4-15(22)24-13-5-11(2-3-12(10)13)23-6-14(21)17-16(7-18,8-19)9-20/h2-5,18-20H,6-9H2,1H3,(H,17,21). The molecule has 0 spiro atoms. The minimum atomic E-state index is -1.51. The Morgan fingerprint density at radius 1 is 1.21 bits per heavy atom. The Bertz CT molecular complexity index is 771. The molecule has 2 rings (SSSR count). The van der Waals surface area contributed by atoms with Gasteiger partial charge in [-0.1, -0.05) is 0 Å². The zero-order chi connectivity index (χ0) is 17.7. The van der Waals surface area contributed by atoms with Crippen LogP contribution in [-0.4, -0.2) is 53.2 Å². The molecule has 0 bridgehead atoms. The van der Waals surface area contributed by atoms with Crippen molar-refractivity contribution in [2.75, 3.05) is 26.4 Å². The fourth-order valence-electron chi connectivity index (χ4n) is 2.14. The SMILES string of the molecule is Cc1cc(=O)oc2cc(OCC(=O)NC(CO)(CO)CO)ccc12. The largest absolute Gasteiger partial charge is 0.484 e. The van der Waals surface area contributed by atoms with Gasteiger partial charge < -0.3 is 29.8 Å². The van der Waals surface area contributed by atoms with Gasteiger partial charge in [-0.3, -0.25) is 4.79 Å². The summed E-state index contributed by atoms with van der Waals surface area (Å²) in [5.41, 5.74) is -0.876. The first-order chi connectivity index (χ1) is 11.4. The summed E-state index contributed by atoms with van der Waals surface area (Å²) in [6.45, 7) is -0.473. The lowest BCUT2D eigenvalue weighted by molar-refractivity contribution is -0.127. The van der Waals surface area contributed by atoms with Crippen LogP contribution in [0.1, 0.15) is 5.56 Å². The van der Waals surface area contributed by atoms with E-state index < -0.39 is 43.5 Å². The summed E-state index contributed by atoms with van der Waals surface area (Å²) in [4.78, 5) is 23.2. The predicted octanol–water partition coefficient (Wildman–Crippen LogP) is -0.688. The number of fused-ring (bicyclic) bond motifs is 1. The van der Waals surface area contributed by atoms with Crippen LogP contribution in [0.3, 0.4) is 0 Å². The number of ether oxygens (including phenoxy) is 1. The van der Waals surface area contributed by atoms with Crippen molar-refractivity contribution in [3.8, 4) is 5.75 Å². The van der Waals surface area contributed by atoms with Crippen LogP contribution in [0.5, 0.6) is 5.75 Å². The number of carbonyl (C=O) groups excluding carboxylic acids is 1. The van der Waals surface area contributed by atoms with Crippen molar-refractivity contribution in [2.24, 2.45) is 0 Å². The van der Waals surface area contributed by atoms with Gasteiger partial charge in [0, 0.05) is 17.5 Å². The van der Waals surface area contributed by atoms with Gasteiger partial charge in [-0.15, -0.1) is 0 Å². The number of benzene rings is 1. The molecule has 0 radical (unpaired) electrons. The highest BCUT2D eigenvalue weighted by Gasteiger charge is 2.29. The predicted molar refractivity (Wildman–Crippen MR) is 84.8 cm³/mol. The van der Waals surface area contributed by atoms with Crippen LogP contribution in [0.2, 0.25) is 0 Å². The van der Waals surface area contributed by atoms with Gasteiger partial charge in [0.2, 0.25) is 0 Å². The summed E-state index contributed by atoms with van der Waals surface area (Å²) in [5, 5.41) is 30.6. The Morgan fingerprint density at radius 2 is 1.88 bits per heavy atom. The number of amides is 1. The van der Waals surface area contributed by atoms with Crippen molar-refractivity contribution in [3.63, 3.8) is 0 Å². The molecule has 0 saturated heterocycles. The fourth-order valence-corrected chi connectivity index (χ4v) is 2.14. The maximum absolute atomic E-state index is 11.8. The van der Waals surface area contributed by atoms with Crippen LogP contribution in [0.4, 0.5) is 0 Å². The number of carbonyl (C=O) groups is 1. The zero-order valence-corrected chi connectivity index (χ0v) is 13.1. The molecule has 0 saturated carbocycles. The third-order valence-corrected chi connectivity index (χ3v) is 3.61. The number of hydrogen-bond donors (Lipinski definition) is 4. The Balaban J connectivity index is 2.08. The molecule has 0 atom stereocenters. The van der Waals surface area contributed by atoms with Crippen molar-refractivity contribution in [1.82, 2.24) is 5.32 Å². The molecule has 0 fully saturated rings. The highest BCUT2D eigenvalue weighted by Crippen LogP contribution is 2.22. The average Bonchev–Trinajstić information content (AvgIpc) is 2.57. The molecule has 130 valence electrons. The monoisotopic (exact) mass is 337 g/mol. The molecule has 0 aliphatic carbocycles. The van der Waals surface area contributed by atoms with E-state index in [1.807, 2.05) is 0 Å². The smallest absolute Gasteiger partial charge is 0.336 e. The molecule has 1 amide bonds. The van der Waals surface area contributed by atoms with E-state index >= 15 is 0 Å². The van der Waals surface area contributed by atoms with Crippen LogP contribution in [0.25, 0.3) is 11.0 Å². The van der Waals surface area contributed by atoms with Crippen molar-refractivity contribution in [1.29, 1.82) is 0 Å². The number of nitrogens with one attached hydrogen (secondary N) is 1. The summed E-state index contributed by atoms with van der Waals surface area (Å²) in [6, 6.07) is 6.21. The van der Waals surface area contributed by atoms with E-state index in [0.717, 1.165) is 10.9 Å². The first-order valence-electron chi connectivity index (χ1n) is 7.24. The molecule has 0 aliphatic rings. The first-order valence-corrected chi connectivity index (χ1v) is 7.24. The molecule has 0 unspecified atom stereocenters. The van der Waals surface area contributed by atoms with Crippen LogP contribution in [-0.2, 0) is 4.79 Å². The summed E-state index contributed by atoms with van der Waals surface area (Å²) in [6.07, 6.45) is 0. The van der Waals surface area contributed by atoms with Gasteiger partial charge in [0.05, 0.1) is 19.8 Å². The van der Waals surface area contributed by atoms with Gasteiger partial charge in [0.15, 0.2) is 6.61 Å². The van der Waals surface area contributed by atoms with Crippen molar-refractivity contribution in [2.45, 2.75) is 12.5 Å². The Kier molecular flexibility index (Phi) is 5.55. The van der Waals surface area contributed by atoms with Gasteiger partial charge in [-0.2, -0.15) is 0 Å². The second kappa shape index (κ2) is 7.43. The van der Waals surface area contributed by atoms with Gasteiger partial charge in [0.25, 0.3) is 5.91 Å². The summed E-state index contributed by atoms with van der Waals surface area (Å²) < 4.78 is 10.4. The molecular formula is C16H19NO7. The summed E-state index contributed by atoms with van der Waals surface area (Å²) in [5.74, 6) is -0.313. The molecule has 1 heterocycles. The van der Waals surface area contributed by atoms with Crippen LogP contribution >= 0.6 is 0 Å². The number of hydrogen-bond acceptors (Lipinski definition) is 7. The van der Waals surface area contributed by atoms with Gasteiger partial charge in [-0.25, -0.2) is 4.79 Å². The molecule has 1 aromatic heterocycles. The average molecular weight is 337 g/mol. The van der Waals surface area contributed by atoms with Gasteiger partial charge in [0.1, 0.15) is 16.9 Å². The molecule has 2 aromatic rings. The van der Waals surface area contributed by atoms with Crippen molar-refractivity contribution in [3.05, 3.63) is 40.2 Å². The molecule has 4 N–H and O–H groups in total. The number of aryl methyl sites for hydroxylation is 1. The summed E-state index contributed by atoms with van der Waals surface area (Å²) >= 11 is 0. The molecular weight excluding hydrogens is 318 g/mol. The maximum Gasteiger partial charge on any atom is 0.336 e. The molecule has 8 nitrogen and oxygen atoms in total. The molecule has 0 aliphatic heterocycles. The van der Waals surface area contributed by atoms with E-state index in [1.54, 1.807) is 19.1 Å². The van der Waals surface area contributed by atoms with E-state index in [4.69, 9.17) is 24.5 Å². The quantitative estimate of drug-likeness (QED) is 0.492. The minimum absolute atomic E-state index is 0.314. The number of rotatable bonds is 7.